The monoisotopic (exact) mass is 322 g/mol. The Morgan fingerprint density at radius 1 is 1.13 bits per heavy atom. The first-order chi connectivity index (χ1) is 11.2. The predicted octanol–water partition coefficient (Wildman–Crippen LogP) is 5.99. The van der Waals surface area contributed by atoms with Gasteiger partial charge in [-0.25, -0.2) is 0 Å². The van der Waals surface area contributed by atoms with Gasteiger partial charge in [0, 0.05) is 6.42 Å². The Hall–Kier alpha value is -0.530. The molecule has 23 heavy (non-hydrogen) atoms. The fraction of sp³-hybridized carbons (Fsp3) is 0.952. The van der Waals surface area contributed by atoms with Crippen LogP contribution >= 0.6 is 0 Å². The van der Waals surface area contributed by atoms with Crippen molar-refractivity contribution in [1.82, 2.24) is 0 Å². The van der Waals surface area contributed by atoms with Gasteiger partial charge in [0.25, 0.3) is 0 Å². The Bertz CT molecular complexity index is 348. The van der Waals surface area contributed by atoms with E-state index in [0.717, 1.165) is 36.0 Å². The zero-order chi connectivity index (χ0) is 16.7. The number of esters is 1. The van der Waals surface area contributed by atoms with Crippen molar-refractivity contribution < 1.29 is 9.53 Å². The molecule has 2 rings (SSSR count). The fourth-order valence-electron chi connectivity index (χ4n) is 4.75. The second kappa shape index (κ2) is 9.69. The summed E-state index contributed by atoms with van der Waals surface area (Å²) in [5.41, 5.74) is 0. The van der Waals surface area contributed by atoms with Gasteiger partial charge in [0.15, 0.2) is 0 Å². The fourth-order valence-corrected chi connectivity index (χ4v) is 4.75. The van der Waals surface area contributed by atoms with Crippen molar-refractivity contribution in [2.75, 3.05) is 7.11 Å². The molecule has 0 radical (unpaired) electrons. The molecule has 0 aromatic carbocycles. The van der Waals surface area contributed by atoms with Crippen molar-refractivity contribution in [1.29, 1.82) is 0 Å². The highest BCUT2D eigenvalue weighted by atomic mass is 16.5. The molecule has 0 aliphatic heterocycles. The molecule has 0 spiro atoms. The van der Waals surface area contributed by atoms with Gasteiger partial charge < -0.3 is 4.74 Å². The quantitative estimate of drug-likeness (QED) is 0.307. The van der Waals surface area contributed by atoms with Crippen molar-refractivity contribution in [3.8, 4) is 0 Å². The number of unbranched alkanes of at least 4 members (excludes halogenated alkanes) is 4. The van der Waals surface area contributed by atoms with Crippen LogP contribution in [-0.4, -0.2) is 13.1 Å². The molecular weight excluding hydrogens is 284 g/mol. The topological polar surface area (TPSA) is 26.3 Å². The zero-order valence-electron chi connectivity index (χ0n) is 15.7. The molecule has 134 valence electrons. The van der Waals surface area contributed by atoms with Crippen molar-refractivity contribution in [3.63, 3.8) is 0 Å². The zero-order valence-corrected chi connectivity index (χ0v) is 15.7. The van der Waals surface area contributed by atoms with Gasteiger partial charge >= 0.3 is 5.97 Å². The van der Waals surface area contributed by atoms with E-state index in [1.54, 1.807) is 0 Å². The molecule has 2 aliphatic rings. The minimum Gasteiger partial charge on any atom is -0.469 e. The maximum atomic E-state index is 11.0. The van der Waals surface area contributed by atoms with Gasteiger partial charge in [0.2, 0.25) is 0 Å². The van der Waals surface area contributed by atoms with Crippen LogP contribution in [0.5, 0.6) is 0 Å². The average molecular weight is 323 g/mol. The van der Waals surface area contributed by atoms with Gasteiger partial charge in [-0.3, -0.25) is 4.79 Å². The first kappa shape index (κ1) is 18.8. The Morgan fingerprint density at radius 2 is 1.83 bits per heavy atom. The second-order valence-electron chi connectivity index (χ2n) is 8.22. The standard InChI is InChI=1S/C21H38O2/c1-4-10-16(2)21(17-13-14-17)19-15-18(19)11-8-6-5-7-9-12-20(22)23-3/h16-19,21H,4-15H2,1-3H3. The van der Waals surface area contributed by atoms with Crippen molar-refractivity contribution in [3.05, 3.63) is 0 Å². The lowest BCUT2D eigenvalue weighted by molar-refractivity contribution is -0.140. The molecule has 2 nitrogen and oxygen atoms in total. The van der Waals surface area contributed by atoms with E-state index in [2.05, 4.69) is 18.6 Å². The summed E-state index contributed by atoms with van der Waals surface area (Å²) < 4.78 is 4.67. The molecule has 0 saturated heterocycles. The van der Waals surface area contributed by atoms with Crippen LogP contribution in [0.3, 0.4) is 0 Å². The summed E-state index contributed by atoms with van der Waals surface area (Å²) in [6.45, 7) is 4.86. The highest BCUT2D eigenvalue weighted by Crippen LogP contribution is 2.57. The van der Waals surface area contributed by atoms with E-state index in [1.807, 2.05) is 0 Å². The molecular formula is C21H38O2. The Labute approximate surface area is 143 Å². The third-order valence-electron chi connectivity index (χ3n) is 6.22. The van der Waals surface area contributed by atoms with Gasteiger partial charge in [-0.2, -0.15) is 0 Å². The molecule has 2 saturated carbocycles. The van der Waals surface area contributed by atoms with Crippen molar-refractivity contribution >= 4 is 5.97 Å². The van der Waals surface area contributed by atoms with Crippen LogP contribution in [0.4, 0.5) is 0 Å². The maximum Gasteiger partial charge on any atom is 0.305 e. The van der Waals surface area contributed by atoms with Crippen molar-refractivity contribution in [2.24, 2.45) is 29.6 Å². The van der Waals surface area contributed by atoms with E-state index < -0.39 is 0 Å². The number of carbonyl (C=O) groups is 1. The van der Waals surface area contributed by atoms with E-state index >= 15 is 0 Å². The Balaban J connectivity index is 1.52. The minimum atomic E-state index is -0.0573. The first-order valence-electron chi connectivity index (χ1n) is 10.2. The number of ether oxygens (including phenoxy) is 1. The summed E-state index contributed by atoms with van der Waals surface area (Å²) in [4.78, 5) is 11.0. The molecule has 4 unspecified atom stereocenters. The minimum absolute atomic E-state index is 0.0573. The van der Waals surface area contributed by atoms with E-state index in [0.29, 0.717) is 6.42 Å². The maximum absolute atomic E-state index is 11.0. The van der Waals surface area contributed by atoms with E-state index in [1.165, 1.54) is 71.3 Å². The molecule has 2 aliphatic carbocycles. The first-order valence-corrected chi connectivity index (χ1v) is 10.2. The molecule has 0 N–H and O–H groups in total. The summed E-state index contributed by atoms with van der Waals surface area (Å²) in [5.74, 6) is 5.17. The van der Waals surface area contributed by atoms with Crippen LogP contribution in [0, 0.1) is 29.6 Å². The largest absolute Gasteiger partial charge is 0.469 e. The summed E-state index contributed by atoms with van der Waals surface area (Å²) in [6, 6.07) is 0. The van der Waals surface area contributed by atoms with Crippen LogP contribution in [0.15, 0.2) is 0 Å². The third-order valence-corrected chi connectivity index (χ3v) is 6.22. The lowest BCUT2D eigenvalue weighted by atomic mass is 9.81. The van der Waals surface area contributed by atoms with Gasteiger partial charge in [0.1, 0.15) is 0 Å². The smallest absolute Gasteiger partial charge is 0.305 e. The van der Waals surface area contributed by atoms with E-state index in [4.69, 9.17) is 0 Å². The van der Waals surface area contributed by atoms with Crippen LogP contribution in [-0.2, 0) is 9.53 Å². The number of rotatable bonds is 13. The molecule has 2 heteroatoms. The Morgan fingerprint density at radius 3 is 2.48 bits per heavy atom. The molecule has 0 amide bonds. The van der Waals surface area contributed by atoms with Crippen molar-refractivity contribution in [2.45, 2.75) is 90.9 Å². The van der Waals surface area contributed by atoms with Crippen LogP contribution in [0.2, 0.25) is 0 Å². The normalized spacial score (nSPS) is 25.9. The second-order valence-corrected chi connectivity index (χ2v) is 8.22. The van der Waals surface area contributed by atoms with Crippen LogP contribution in [0.25, 0.3) is 0 Å². The molecule has 4 atom stereocenters. The highest BCUT2D eigenvalue weighted by molar-refractivity contribution is 5.68. The average Bonchev–Trinajstić information content (AvgIpc) is 3.44. The van der Waals surface area contributed by atoms with E-state index in [9.17, 15) is 4.79 Å². The van der Waals surface area contributed by atoms with Crippen LogP contribution in [0.1, 0.15) is 90.9 Å². The predicted molar refractivity (Wildman–Crippen MR) is 96.2 cm³/mol. The molecule has 0 bridgehead atoms. The van der Waals surface area contributed by atoms with E-state index in [-0.39, 0.29) is 5.97 Å². The van der Waals surface area contributed by atoms with Gasteiger partial charge in [-0.15, -0.1) is 0 Å². The summed E-state index contributed by atoms with van der Waals surface area (Å²) in [5, 5.41) is 0. The molecule has 0 aromatic rings. The Kier molecular flexibility index (Phi) is 7.92. The van der Waals surface area contributed by atoms with Gasteiger partial charge in [-0.1, -0.05) is 58.8 Å². The number of carbonyl (C=O) groups excluding carboxylic acids is 1. The van der Waals surface area contributed by atoms with Gasteiger partial charge in [0.05, 0.1) is 7.11 Å². The number of hydrogen-bond donors (Lipinski definition) is 0. The molecule has 0 heterocycles. The number of hydrogen-bond acceptors (Lipinski definition) is 2. The summed E-state index contributed by atoms with van der Waals surface area (Å²) in [6.07, 6.45) is 15.6. The lowest BCUT2D eigenvalue weighted by Gasteiger charge is -2.24. The summed E-state index contributed by atoms with van der Waals surface area (Å²) >= 11 is 0. The SMILES string of the molecule is CCCC(C)C(C1CC1)C1CC1CCCCCCCC(=O)OC. The molecule has 0 aromatic heterocycles. The molecule has 2 fully saturated rings. The third kappa shape index (κ3) is 6.47. The lowest BCUT2D eigenvalue weighted by Crippen LogP contribution is -2.17. The highest BCUT2D eigenvalue weighted by Gasteiger charge is 2.49. The summed E-state index contributed by atoms with van der Waals surface area (Å²) in [7, 11) is 1.48. The van der Waals surface area contributed by atoms with Crippen LogP contribution < -0.4 is 0 Å². The van der Waals surface area contributed by atoms with Gasteiger partial charge in [-0.05, 0) is 55.3 Å². The number of methoxy groups -OCH3 is 1.